The minimum atomic E-state index is -0.289. The summed E-state index contributed by atoms with van der Waals surface area (Å²) in [5.74, 6) is 0.482. The van der Waals surface area contributed by atoms with Gasteiger partial charge >= 0.3 is 0 Å². The zero-order valence-electron chi connectivity index (χ0n) is 18.4. The lowest BCUT2D eigenvalue weighted by molar-refractivity contribution is 0.133. The molecule has 0 N–H and O–H groups in total. The molecule has 0 radical (unpaired) electrons. The molecular weight excluding hydrogens is 419 g/mol. The van der Waals surface area contributed by atoms with Gasteiger partial charge in [0, 0.05) is 48.7 Å². The molecule has 0 aliphatic heterocycles. The van der Waals surface area contributed by atoms with Crippen molar-refractivity contribution in [3.63, 3.8) is 0 Å². The molecule has 166 valence electrons. The Labute approximate surface area is 190 Å². The van der Waals surface area contributed by atoms with Gasteiger partial charge in [-0.25, -0.2) is 14.4 Å². The number of nitrogens with zero attached hydrogens (tertiary/aromatic N) is 4. The Hall–Kier alpha value is -3.81. The van der Waals surface area contributed by atoms with Crippen molar-refractivity contribution in [2.75, 3.05) is 14.2 Å². The van der Waals surface area contributed by atoms with E-state index in [1.165, 1.54) is 12.1 Å². The van der Waals surface area contributed by atoms with E-state index in [0.29, 0.717) is 13.5 Å². The molecule has 0 bridgehead atoms. The first-order valence-electron chi connectivity index (χ1n) is 10.5. The van der Waals surface area contributed by atoms with E-state index in [1.54, 1.807) is 32.5 Å². The average molecular weight is 442 g/mol. The maximum absolute atomic E-state index is 13.7. The second-order valence-electron chi connectivity index (χ2n) is 7.65. The van der Waals surface area contributed by atoms with Gasteiger partial charge in [0.25, 0.3) is 0 Å². The van der Waals surface area contributed by atoms with Crippen molar-refractivity contribution in [2.45, 2.75) is 13.5 Å². The first kappa shape index (κ1) is 21.1. The third-order valence-corrected chi connectivity index (χ3v) is 5.56. The number of imidazole rings is 1. The third-order valence-electron chi connectivity index (χ3n) is 5.56. The van der Waals surface area contributed by atoms with Crippen LogP contribution in [0.1, 0.15) is 0 Å². The van der Waals surface area contributed by atoms with Crippen LogP contribution < -0.4 is 0 Å². The lowest BCUT2D eigenvalue weighted by atomic mass is 10.0. The summed E-state index contributed by atoms with van der Waals surface area (Å²) in [4.78, 5) is 9.61. The molecule has 0 fully saturated rings. The fourth-order valence-electron chi connectivity index (χ4n) is 4.14. The fraction of sp³-hybridized carbons (Fsp3) is 0.154. The van der Waals surface area contributed by atoms with E-state index in [4.69, 9.17) is 14.5 Å². The van der Waals surface area contributed by atoms with Crippen LogP contribution in [0.5, 0.6) is 0 Å². The summed E-state index contributed by atoms with van der Waals surface area (Å²) in [7, 11) is 3.31. The molecule has 33 heavy (non-hydrogen) atoms. The fourth-order valence-corrected chi connectivity index (χ4v) is 4.14. The Bertz CT molecular complexity index is 1390. The van der Waals surface area contributed by atoms with Crippen LogP contribution in [0.4, 0.5) is 4.39 Å². The molecule has 0 unspecified atom stereocenters. The van der Waals surface area contributed by atoms with Crippen LogP contribution in [0.25, 0.3) is 44.9 Å². The molecule has 0 saturated carbocycles. The van der Waals surface area contributed by atoms with Crippen molar-refractivity contribution < 1.29 is 13.9 Å². The number of methoxy groups -OCH3 is 2. The molecule has 6 nitrogen and oxygen atoms in total. The largest absolute Gasteiger partial charge is 0.364 e. The smallest absolute Gasteiger partial charge is 0.143 e. The number of benzene rings is 2. The van der Waals surface area contributed by atoms with Crippen LogP contribution in [0.15, 0.2) is 79.1 Å². The van der Waals surface area contributed by atoms with Gasteiger partial charge in [-0.2, -0.15) is 0 Å². The molecule has 7 heteroatoms. The third kappa shape index (κ3) is 3.82. The van der Waals surface area contributed by atoms with Crippen LogP contribution in [0.3, 0.4) is 0 Å². The summed E-state index contributed by atoms with van der Waals surface area (Å²) >= 11 is 0. The van der Waals surface area contributed by atoms with Crippen LogP contribution >= 0.6 is 0 Å². The van der Waals surface area contributed by atoms with Gasteiger partial charge in [-0.05, 0) is 36.4 Å². The summed E-state index contributed by atoms with van der Waals surface area (Å²) in [6, 6.07) is 20.4. The Kier molecular flexibility index (Phi) is 5.73. The lowest BCUT2D eigenvalue weighted by Gasteiger charge is -2.13. The Morgan fingerprint density at radius 1 is 0.848 bits per heavy atom. The summed E-state index contributed by atoms with van der Waals surface area (Å²) in [6.45, 7) is 0.702. The van der Waals surface area contributed by atoms with Crippen molar-refractivity contribution in [1.82, 2.24) is 19.1 Å². The summed E-state index contributed by atoms with van der Waals surface area (Å²) in [5.41, 5.74) is 5.18. The number of pyridine rings is 1. The standard InChI is InChI=1S/C26H23FN4O2/c1-32-16-30-15-13-22-21(12-14-28-26(22)30)24-23(18-8-10-20(27)11-9-18)29-25(31(24)17-33-2)19-6-4-3-5-7-19/h3-15H,16-17H2,1-2H3. The van der Waals surface area contributed by atoms with Gasteiger partial charge in [0.2, 0.25) is 0 Å². The molecule has 3 aromatic heterocycles. The van der Waals surface area contributed by atoms with Crippen molar-refractivity contribution in [3.8, 4) is 33.9 Å². The molecule has 0 saturated heterocycles. The lowest BCUT2D eigenvalue weighted by Crippen LogP contribution is -2.05. The summed E-state index contributed by atoms with van der Waals surface area (Å²) in [5, 5.41) is 0.967. The highest BCUT2D eigenvalue weighted by Crippen LogP contribution is 2.39. The van der Waals surface area contributed by atoms with Crippen molar-refractivity contribution in [3.05, 3.63) is 84.9 Å². The summed E-state index contributed by atoms with van der Waals surface area (Å²) in [6.07, 6.45) is 3.74. The monoisotopic (exact) mass is 442 g/mol. The maximum Gasteiger partial charge on any atom is 0.143 e. The molecule has 2 aromatic carbocycles. The second-order valence-corrected chi connectivity index (χ2v) is 7.65. The first-order chi connectivity index (χ1) is 16.2. The van der Waals surface area contributed by atoms with E-state index in [1.807, 2.05) is 53.2 Å². The predicted molar refractivity (Wildman–Crippen MR) is 126 cm³/mol. The number of aromatic nitrogens is 4. The number of rotatable bonds is 7. The van der Waals surface area contributed by atoms with Gasteiger partial charge in [-0.15, -0.1) is 0 Å². The van der Waals surface area contributed by atoms with Crippen LogP contribution in [-0.2, 0) is 22.9 Å². The molecule has 0 aliphatic rings. The first-order valence-corrected chi connectivity index (χ1v) is 10.5. The number of hydrogen-bond donors (Lipinski definition) is 0. The highest BCUT2D eigenvalue weighted by atomic mass is 19.1. The van der Waals surface area contributed by atoms with E-state index >= 15 is 0 Å². The molecular formula is C26H23FN4O2. The predicted octanol–water partition coefficient (Wildman–Crippen LogP) is 5.58. The molecule has 5 aromatic rings. The SMILES string of the molecule is COCn1c(-c2ccccc2)nc(-c2ccc(F)cc2)c1-c1ccnc2c1ccn2COC. The topological polar surface area (TPSA) is 54.1 Å². The zero-order chi connectivity index (χ0) is 22.8. The van der Waals surface area contributed by atoms with Gasteiger partial charge in [-0.3, -0.25) is 4.57 Å². The molecule has 0 aliphatic carbocycles. The molecule has 0 atom stereocenters. The van der Waals surface area contributed by atoms with Crippen LogP contribution in [0, 0.1) is 5.82 Å². The molecule has 3 heterocycles. The molecule has 5 rings (SSSR count). The Morgan fingerprint density at radius 3 is 2.33 bits per heavy atom. The van der Waals surface area contributed by atoms with E-state index < -0.39 is 0 Å². The molecule has 0 amide bonds. The van der Waals surface area contributed by atoms with Crippen LogP contribution in [0.2, 0.25) is 0 Å². The van der Waals surface area contributed by atoms with E-state index in [9.17, 15) is 4.39 Å². The van der Waals surface area contributed by atoms with Crippen molar-refractivity contribution in [2.24, 2.45) is 0 Å². The van der Waals surface area contributed by atoms with Gasteiger partial charge in [0.1, 0.15) is 30.8 Å². The van der Waals surface area contributed by atoms with Gasteiger partial charge in [-0.1, -0.05) is 30.3 Å². The van der Waals surface area contributed by atoms with Crippen molar-refractivity contribution >= 4 is 11.0 Å². The Morgan fingerprint density at radius 2 is 1.61 bits per heavy atom. The normalized spacial score (nSPS) is 11.4. The maximum atomic E-state index is 13.7. The average Bonchev–Trinajstić information content (AvgIpc) is 3.43. The Balaban J connectivity index is 1.83. The van der Waals surface area contributed by atoms with Crippen LogP contribution in [-0.4, -0.2) is 33.3 Å². The number of ether oxygens (including phenoxy) is 2. The number of halogens is 1. The highest BCUT2D eigenvalue weighted by Gasteiger charge is 2.23. The minimum absolute atomic E-state index is 0.289. The second kappa shape index (κ2) is 8.97. The molecule has 0 spiro atoms. The van der Waals surface area contributed by atoms with Crippen molar-refractivity contribution in [1.29, 1.82) is 0 Å². The van der Waals surface area contributed by atoms with Gasteiger partial charge in [0.15, 0.2) is 0 Å². The quantitative estimate of drug-likeness (QED) is 0.330. The highest BCUT2D eigenvalue weighted by molar-refractivity contribution is 5.97. The minimum Gasteiger partial charge on any atom is -0.364 e. The van der Waals surface area contributed by atoms with Gasteiger partial charge in [0.05, 0.1) is 11.4 Å². The zero-order valence-corrected chi connectivity index (χ0v) is 18.4. The number of hydrogen-bond acceptors (Lipinski definition) is 4. The van der Waals surface area contributed by atoms with E-state index in [-0.39, 0.29) is 5.82 Å². The van der Waals surface area contributed by atoms with E-state index in [0.717, 1.165) is 44.9 Å². The van der Waals surface area contributed by atoms with Gasteiger partial charge < -0.3 is 14.0 Å². The summed E-state index contributed by atoms with van der Waals surface area (Å²) < 4.78 is 28.6. The number of fused-ring (bicyclic) bond motifs is 1. The van der Waals surface area contributed by atoms with E-state index in [2.05, 4.69) is 9.55 Å².